The summed E-state index contributed by atoms with van der Waals surface area (Å²) >= 11 is 5.86. The molecule has 2 aromatic rings. The number of hydrogen-bond donors (Lipinski definition) is 1. The number of halogens is 1. The minimum atomic E-state index is 0.266. The first-order chi connectivity index (χ1) is 8.16. The maximum absolute atomic E-state index is 5.86. The molecule has 4 nitrogen and oxygen atoms in total. The Bertz CT molecular complexity index is 478. The van der Waals surface area contributed by atoms with Gasteiger partial charge in [0.05, 0.1) is 11.9 Å². The number of aromatic nitrogens is 3. The first-order valence-corrected chi connectivity index (χ1v) is 5.87. The number of nitrogens with zero attached hydrogens (tertiary/aromatic N) is 3. The Hall–Kier alpha value is -1.39. The molecule has 1 N–H and O–H groups in total. The third-order valence-electron chi connectivity index (χ3n) is 2.77. The first kappa shape index (κ1) is 12.1. The van der Waals surface area contributed by atoms with Crippen molar-refractivity contribution in [3.05, 3.63) is 46.7 Å². The fourth-order valence-electron chi connectivity index (χ4n) is 1.60. The lowest BCUT2D eigenvalue weighted by Gasteiger charge is -2.14. The summed E-state index contributed by atoms with van der Waals surface area (Å²) in [4.78, 5) is 0. The Labute approximate surface area is 106 Å². The van der Waals surface area contributed by atoms with Crippen LogP contribution in [-0.4, -0.2) is 15.0 Å². The maximum Gasteiger partial charge on any atom is 0.0738 e. The lowest BCUT2D eigenvalue weighted by Crippen LogP contribution is -2.19. The minimum Gasteiger partial charge on any atom is -0.305 e. The summed E-state index contributed by atoms with van der Waals surface area (Å²) in [6.07, 6.45) is 1.77. The van der Waals surface area contributed by atoms with E-state index >= 15 is 0 Å². The molecule has 90 valence electrons. The van der Waals surface area contributed by atoms with Gasteiger partial charge in [-0.15, -0.1) is 5.10 Å². The Morgan fingerprint density at radius 3 is 2.65 bits per heavy atom. The number of benzene rings is 1. The Morgan fingerprint density at radius 1 is 1.35 bits per heavy atom. The van der Waals surface area contributed by atoms with Gasteiger partial charge in [-0.05, 0) is 24.6 Å². The Morgan fingerprint density at radius 2 is 2.06 bits per heavy atom. The van der Waals surface area contributed by atoms with Crippen LogP contribution in [0.2, 0.25) is 5.02 Å². The average molecular weight is 251 g/mol. The molecule has 1 aromatic heterocycles. The van der Waals surface area contributed by atoms with Crippen LogP contribution >= 0.6 is 11.6 Å². The van der Waals surface area contributed by atoms with Crippen LogP contribution in [0.3, 0.4) is 0 Å². The van der Waals surface area contributed by atoms with Gasteiger partial charge in [0.25, 0.3) is 0 Å². The third kappa shape index (κ3) is 3.05. The van der Waals surface area contributed by atoms with Crippen LogP contribution in [0.5, 0.6) is 0 Å². The quantitative estimate of drug-likeness (QED) is 0.906. The van der Waals surface area contributed by atoms with Crippen LogP contribution in [-0.2, 0) is 13.6 Å². The molecule has 1 aromatic carbocycles. The summed E-state index contributed by atoms with van der Waals surface area (Å²) in [5.41, 5.74) is 2.27. The Kier molecular flexibility index (Phi) is 3.76. The van der Waals surface area contributed by atoms with Gasteiger partial charge in [-0.2, -0.15) is 0 Å². The molecule has 0 aliphatic carbocycles. The molecule has 0 fully saturated rings. The van der Waals surface area contributed by atoms with Crippen molar-refractivity contribution in [3.8, 4) is 0 Å². The summed E-state index contributed by atoms with van der Waals surface area (Å²) in [6, 6.07) is 8.13. The monoisotopic (exact) mass is 250 g/mol. The second-order valence-corrected chi connectivity index (χ2v) is 4.44. The maximum atomic E-state index is 5.86. The van der Waals surface area contributed by atoms with Gasteiger partial charge >= 0.3 is 0 Å². The van der Waals surface area contributed by atoms with Gasteiger partial charge in [0.1, 0.15) is 0 Å². The van der Waals surface area contributed by atoms with Crippen molar-refractivity contribution in [2.24, 2.45) is 7.05 Å². The molecule has 0 bridgehead atoms. The zero-order valence-corrected chi connectivity index (χ0v) is 10.6. The molecule has 0 aliphatic rings. The van der Waals surface area contributed by atoms with Gasteiger partial charge in [0.2, 0.25) is 0 Å². The highest BCUT2D eigenvalue weighted by Gasteiger charge is 2.06. The molecule has 17 heavy (non-hydrogen) atoms. The fourth-order valence-corrected chi connectivity index (χ4v) is 1.72. The average Bonchev–Trinajstić information content (AvgIpc) is 2.73. The molecule has 0 radical (unpaired) electrons. The molecule has 0 saturated heterocycles. The number of rotatable bonds is 4. The minimum absolute atomic E-state index is 0.266. The normalized spacial score (nSPS) is 12.6. The van der Waals surface area contributed by atoms with E-state index in [9.17, 15) is 0 Å². The summed E-state index contributed by atoms with van der Waals surface area (Å²) in [5, 5.41) is 11.9. The standard InChI is InChI=1S/C12H15ClN4/c1-9(10-3-5-11(13)6-4-10)14-7-12-8-15-16-17(12)2/h3-6,8-9,14H,7H2,1-2H3/t9-/m1/s1. The smallest absolute Gasteiger partial charge is 0.0738 e. The second-order valence-electron chi connectivity index (χ2n) is 4.00. The molecule has 0 unspecified atom stereocenters. The highest BCUT2D eigenvalue weighted by Crippen LogP contribution is 2.16. The molecule has 1 atom stereocenters. The zero-order chi connectivity index (χ0) is 12.3. The molecular weight excluding hydrogens is 236 g/mol. The first-order valence-electron chi connectivity index (χ1n) is 5.49. The summed E-state index contributed by atoms with van der Waals surface area (Å²) in [5.74, 6) is 0. The molecule has 0 amide bonds. The van der Waals surface area contributed by atoms with E-state index in [1.807, 2.05) is 31.3 Å². The van der Waals surface area contributed by atoms with Crippen LogP contribution in [0, 0.1) is 0 Å². The van der Waals surface area contributed by atoms with Crippen molar-refractivity contribution < 1.29 is 0 Å². The lowest BCUT2D eigenvalue weighted by atomic mass is 10.1. The van der Waals surface area contributed by atoms with Crippen molar-refractivity contribution >= 4 is 11.6 Å². The zero-order valence-electron chi connectivity index (χ0n) is 9.89. The molecule has 1 heterocycles. The predicted octanol–water partition coefficient (Wildman–Crippen LogP) is 2.32. The van der Waals surface area contributed by atoms with Gasteiger partial charge in [-0.3, -0.25) is 4.68 Å². The van der Waals surface area contributed by atoms with Crippen molar-refractivity contribution in [3.63, 3.8) is 0 Å². The summed E-state index contributed by atoms with van der Waals surface area (Å²) in [6.45, 7) is 2.86. The predicted molar refractivity (Wildman–Crippen MR) is 67.7 cm³/mol. The lowest BCUT2D eigenvalue weighted by molar-refractivity contribution is 0.546. The summed E-state index contributed by atoms with van der Waals surface area (Å²) < 4.78 is 1.77. The van der Waals surface area contributed by atoms with E-state index in [4.69, 9.17) is 11.6 Å². The van der Waals surface area contributed by atoms with Crippen molar-refractivity contribution in [1.82, 2.24) is 20.3 Å². The van der Waals surface area contributed by atoms with Crippen LogP contribution in [0.25, 0.3) is 0 Å². The van der Waals surface area contributed by atoms with E-state index < -0.39 is 0 Å². The van der Waals surface area contributed by atoms with Crippen LogP contribution < -0.4 is 5.32 Å². The summed E-state index contributed by atoms with van der Waals surface area (Å²) in [7, 11) is 1.89. The highest BCUT2D eigenvalue weighted by atomic mass is 35.5. The van der Waals surface area contributed by atoms with Gasteiger partial charge in [0.15, 0.2) is 0 Å². The van der Waals surface area contributed by atoms with E-state index in [0.717, 1.165) is 17.3 Å². The molecule has 0 saturated carbocycles. The van der Waals surface area contributed by atoms with Crippen LogP contribution in [0.4, 0.5) is 0 Å². The fraction of sp³-hybridized carbons (Fsp3) is 0.333. The Balaban J connectivity index is 1.95. The number of aryl methyl sites for hydroxylation is 1. The van der Waals surface area contributed by atoms with Gasteiger partial charge in [0, 0.05) is 24.7 Å². The highest BCUT2D eigenvalue weighted by molar-refractivity contribution is 6.30. The third-order valence-corrected chi connectivity index (χ3v) is 3.02. The van der Waals surface area contributed by atoms with Crippen LogP contribution in [0.1, 0.15) is 24.2 Å². The van der Waals surface area contributed by atoms with E-state index in [1.165, 1.54) is 5.56 Å². The van der Waals surface area contributed by atoms with Gasteiger partial charge in [-0.1, -0.05) is 28.9 Å². The van der Waals surface area contributed by atoms with E-state index in [2.05, 4.69) is 22.6 Å². The number of nitrogens with one attached hydrogen (secondary N) is 1. The molecular formula is C12H15ClN4. The topological polar surface area (TPSA) is 42.7 Å². The van der Waals surface area contributed by atoms with E-state index in [1.54, 1.807) is 10.9 Å². The SMILES string of the molecule is C[C@@H](NCc1cnnn1C)c1ccc(Cl)cc1. The van der Waals surface area contributed by atoms with Crippen molar-refractivity contribution in [2.75, 3.05) is 0 Å². The van der Waals surface area contributed by atoms with Gasteiger partial charge in [-0.25, -0.2) is 0 Å². The number of hydrogen-bond acceptors (Lipinski definition) is 3. The van der Waals surface area contributed by atoms with E-state index in [0.29, 0.717) is 0 Å². The van der Waals surface area contributed by atoms with Crippen molar-refractivity contribution in [1.29, 1.82) is 0 Å². The molecule has 5 heteroatoms. The second kappa shape index (κ2) is 5.29. The van der Waals surface area contributed by atoms with Crippen molar-refractivity contribution in [2.45, 2.75) is 19.5 Å². The molecule has 0 aliphatic heterocycles. The van der Waals surface area contributed by atoms with Crippen LogP contribution in [0.15, 0.2) is 30.5 Å². The molecule has 2 rings (SSSR count). The van der Waals surface area contributed by atoms with E-state index in [-0.39, 0.29) is 6.04 Å². The van der Waals surface area contributed by atoms with Gasteiger partial charge < -0.3 is 5.32 Å². The molecule has 0 spiro atoms. The largest absolute Gasteiger partial charge is 0.305 e.